The highest BCUT2D eigenvalue weighted by Crippen LogP contribution is 2.50. The summed E-state index contributed by atoms with van der Waals surface area (Å²) in [5.41, 5.74) is 2.65. The minimum Gasteiger partial charge on any atom is -0.360 e. The Bertz CT molecular complexity index is 597. The van der Waals surface area contributed by atoms with Crippen LogP contribution >= 0.6 is 7.60 Å². The summed E-state index contributed by atoms with van der Waals surface area (Å²) >= 11 is 0. The molecule has 0 saturated heterocycles. The molecule has 0 fully saturated rings. The molecular formula is C15H20NO3P. The van der Waals surface area contributed by atoms with Crippen LogP contribution in [0.5, 0.6) is 0 Å². The number of hydrogen-bond donors (Lipinski definition) is 1. The fourth-order valence-electron chi connectivity index (χ4n) is 2.20. The van der Waals surface area contributed by atoms with Gasteiger partial charge in [0.15, 0.2) is 0 Å². The molecule has 0 saturated carbocycles. The molecule has 1 heterocycles. The summed E-state index contributed by atoms with van der Waals surface area (Å²) in [5, 5.41) is 0.632. The fourth-order valence-corrected chi connectivity index (χ4v) is 4.17. The van der Waals surface area contributed by atoms with Crippen molar-refractivity contribution in [3.63, 3.8) is 0 Å². The first-order chi connectivity index (χ1) is 9.62. The van der Waals surface area contributed by atoms with Crippen molar-refractivity contribution in [3.05, 3.63) is 42.1 Å². The van der Waals surface area contributed by atoms with Crippen LogP contribution in [0.4, 0.5) is 0 Å². The minimum absolute atomic E-state index is 0.343. The number of hydrogen-bond acceptors (Lipinski definition) is 3. The van der Waals surface area contributed by atoms with Crippen molar-refractivity contribution in [2.75, 3.05) is 13.2 Å². The molecule has 5 heteroatoms. The zero-order chi connectivity index (χ0) is 14.6. The van der Waals surface area contributed by atoms with Gasteiger partial charge in [-0.05, 0) is 31.9 Å². The largest absolute Gasteiger partial charge is 0.363 e. The first-order valence-corrected chi connectivity index (χ1v) is 8.29. The van der Waals surface area contributed by atoms with Crippen molar-refractivity contribution in [1.82, 2.24) is 4.98 Å². The van der Waals surface area contributed by atoms with Crippen molar-refractivity contribution in [1.29, 1.82) is 0 Å². The van der Waals surface area contributed by atoms with Crippen LogP contribution in [0.25, 0.3) is 11.3 Å². The molecule has 108 valence electrons. The van der Waals surface area contributed by atoms with Crippen molar-refractivity contribution in [3.8, 4) is 11.3 Å². The Kier molecular flexibility index (Phi) is 4.81. The van der Waals surface area contributed by atoms with Gasteiger partial charge in [-0.15, -0.1) is 0 Å². The van der Waals surface area contributed by atoms with Gasteiger partial charge in [-0.1, -0.05) is 30.3 Å². The summed E-state index contributed by atoms with van der Waals surface area (Å²) in [5.74, 6) is 0. The maximum atomic E-state index is 13.0. The van der Waals surface area contributed by atoms with E-state index in [4.69, 9.17) is 9.05 Å². The lowest BCUT2D eigenvalue weighted by atomic mass is 10.1. The number of benzene rings is 1. The summed E-state index contributed by atoms with van der Waals surface area (Å²) in [7, 11) is -3.30. The van der Waals surface area contributed by atoms with Gasteiger partial charge in [0, 0.05) is 6.20 Å². The van der Waals surface area contributed by atoms with Gasteiger partial charge in [0.2, 0.25) is 0 Å². The molecule has 4 nitrogen and oxygen atoms in total. The molecule has 0 aliphatic carbocycles. The number of H-pyrrole nitrogens is 1. The fraction of sp³-hybridized carbons (Fsp3) is 0.333. The van der Waals surface area contributed by atoms with Gasteiger partial charge < -0.3 is 14.0 Å². The second-order valence-electron chi connectivity index (χ2n) is 4.39. The number of rotatable bonds is 6. The third-order valence-corrected chi connectivity index (χ3v) is 5.30. The Morgan fingerprint density at radius 1 is 1.10 bits per heavy atom. The quantitative estimate of drug-likeness (QED) is 0.822. The molecule has 1 N–H and O–H groups in total. The molecule has 0 atom stereocenters. The van der Waals surface area contributed by atoms with E-state index in [1.165, 1.54) is 0 Å². The normalized spacial score (nSPS) is 11.8. The highest BCUT2D eigenvalue weighted by molar-refractivity contribution is 7.62. The number of aromatic amines is 1. The van der Waals surface area contributed by atoms with Gasteiger partial charge >= 0.3 is 7.60 Å². The molecule has 2 aromatic rings. The third kappa shape index (κ3) is 2.88. The monoisotopic (exact) mass is 293 g/mol. The zero-order valence-corrected chi connectivity index (χ0v) is 12.9. The lowest BCUT2D eigenvalue weighted by Gasteiger charge is -2.18. The van der Waals surface area contributed by atoms with E-state index < -0.39 is 7.60 Å². The molecule has 0 aliphatic heterocycles. The van der Waals surface area contributed by atoms with E-state index in [1.54, 1.807) is 0 Å². The van der Waals surface area contributed by atoms with Crippen LogP contribution in [0.15, 0.2) is 36.5 Å². The standard InChI is InChI=1S/C15H20NO3P/c1-4-18-20(17,19-5-2)15-12(3)11-16-14(15)13-9-7-6-8-10-13/h6-11,16H,4-5H2,1-3H3. The summed E-state index contributed by atoms with van der Waals surface area (Å²) in [6.45, 7) is 6.22. The molecule has 0 spiro atoms. The predicted molar refractivity (Wildman–Crippen MR) is 81.5 cm³/mol. The minimum atomic E-state index is -3.30. The van der Waals surface area contributed by atoms with Crippen molar-refractivity contribution >= 4 is 12.9 Å². The highest BCUT2D eigenvalue weighted by Gasteiger charge is 2.33. The van der Waals surface area contributed by atoms with E-state index in [1.807, 2.05) is 57.3 Å². The maximum absolute atomic E-state index is 13.0. The molecule has 0 amide bonds. The Morgan fingerprint density at radius 3 is 2.25 bits per heavy atom. The average molecular weight is 293 g/mol. The second kappa shape index (κ2) is 6.40. The molecule has 0 unspecified atom stereocenters. The van der Waals surface area contributed by atoms with Gasteiger partial charge in [-0.2, -0.15) is 0 Å². The second-order valence-corrected chi connectivity index (χ2v) is 6.35. The van der Waals surface area contributed by atoms with E-state index in [2.05, 4.69) is 4.98 Å². The van der Waals surface area contributed by atoms with Gasteiger partial charge in [0.05, 0.1) is 24.2 Å². The SMILES string of the molecule is CCOP(=O)(OCC)c1c(C)c[nH]c1-c1ccccc1. The van der Waals surface area contributed by atoms with Crippen LogP contribution in [0.2, 0.25) is 0 Å². The smallest absolute Gasteiger partial charge is 0.360 e. The van der Waals surface area contributed by atoms with Gasteiger partial charge in [-0.3, -0.25) is 4.57 Å². The van der Waals surface area contributed by atoms with Gasteiger partial charge in [-0.25, -0.2) is 0 Å². The van der Waals surface area contributed by atoms with Crippen molar-refractivity contribution in [2.45, 2.75) is 20.8 Å². The average Bonchev–Trinajstić information content (AvgIpc) is 2.83. The lowest BCUT2D eigenvalue weighted by Crippen LogP contribution is -2.14. The van der Waals surface area contributed by atoms with E-state index in [-0.39, 0.29) is 0 Å². The molecule has 0 aliphatic rings. The molecule has 2 rings (SSSR count). The Labute approximate surface area is 119 Å². The number of aromatic nitrogens is 1. The van der Waals surface area contributed by atoms with Gasteiger partial charge in [0.1, 0.15) is 0 Å². The Balaban J connectivity index is 2.56. The van der Waals surface area contributed by atoms with Crippen LogP contribution in [0.1, 0.15) is 19.4 Å². The zero-order valence-electron chi connectivity index (χ0n) is 12.1. The molecule has 20 heavy (non-hydrogen) atoms. The first kappa shape index (κ1) is 15.0. The van der Waals surface area contributed by atoms with E-state index in [0.717, 1.165) is 16.8 Å². The van der Waals surface area contributed by atoms with E-state index >= 15 is 0 Å². The van der Waals surface area contributed by atoms with E-state index in [9.17, 15) is 4.57 Å². The molecule has 0 bridgehead atoms. The Morgan fingerprint density at radius 2 is 1.70 bits per heavy atom. The summed E-state index contributed by atoms with van der Waals surface area (Å²) in [4.78, 5) is 3.18. The van der Waals surface area contributed by atoms with Crippen molar-refractivity contribution in [2.24, 2.45) is 0 Å². The van der Waals surface area contributed by atoms with Crippen molar-refractivity contribution < 1.29 is 13.6 Å². The van der Waals surface area contributed by atoms with Crippen LogP contribution in [0.3, 0.4) is 0 Å². The lowest BCUT2D eigenvalue weighted by molar-refractivity contribution is 0.230. The van der Waals surface area contributed by atoms with Gasteiger partial charge in [0.25, 0.3) is 0 Å². The van der Waals surface area contributed by atoms with Crippen LogP contribution in [0, 0.1) is 6.92 Å². The van der Waals surface area contributed by atoms with Crippen LogP contribution < -0.4 is 5.30 Å². The van der Waals surface area contributed by atoms with Crippen LogP contribution in [-0.2, 0) is 13.6 Å². The molecule has 0 radical (unpaired) electrons. The number of nitrogens with one attached hydrogen (secondary N) is 1. The van der Waals surface area contributed by atoms with E-state index in [0.29, 0.717) is 18.5 Å². The topological polar surface area (TPSA) is 51.3 Å². The third-order valence-electron chi connectivity index (χ3n) is 2.98. The predicted octanol–water partition coefficient (Wildman–Crippen LogP) is 3.88. The molecule has 1 aromatic carbocycles. The highest BCUT2D eigenvalue weighted by atomic mass is 31.2. The summed E-state index contributed by atoms with van der Waals surface area (Å²) in [6, 6.07) is 9.78. The first-order valence-electron chi connectivity index (χ1n) is 6.75. The molecular weight excluding hydrogens is 273 g/mol. The summed E-state index contributed by atoms with van der Waals surface area (Å²) < 4.78 is 24.0. The number of aryl methyl sites for hydroxylation is 1. The summed E-state index contributed by atoms with van der Waals surface area (Å²) in [6.07, 6.45) is 1.84. The Hall–Kier alpha value is -1.35. The van der Waals surface area contributed by atoms with Crippen LogP contribution in [-0.4, -0.2) is 18.2 Å². The molecule has 1 aromatic heterocycles. The maximum Gasteiger partial charge on any atom is 0.363 e.